The van der Waals surface area contributed by atoms with Crippen LogP contribution in [-0.2, 0) is 11.3 Å². The molecule has 0 spiro atoms. The largest absolute Gasteiger partial charge is 0.352 e. The SMILES string of the molecule is CSCCCN1CCC(C(=O)NCc2ccccc2)CC1. The molecule has 1 aliphatic heterocycles. The van der Waals surface area contributed by atoms with Crippen molar-refractivity contribution < 1.29 is 4.79 Å². The predicted molar refractivity (Wildman–Crippen MR) is 90.5 cm³/mol. The number of piperidine rings is 1. The summed E-state index contributed by atoms with van der Waals surface area (Å²) in [6.45, 7) is 3.96. The van der Waals surface area contributed by atoms with Gasteiger partial charge in [0.15, 0.2) is 0 Å². The van der Waals surface area contributed by atoms with Gasteiger partial charge >= 0.3 is 0 Å². The number of hydrogen-bond donors (Lipinski definition) is 1. The van der Waals surface area contributed by atoms with Crippen LogP contribution in [0.25, 0.3) is 0 Å². The molecule has 0 aliphatic carbocycles. The average molecular weight is 306 g/mol. The number of benzene rings is 1. The highest BCUT2D eigenvalue weighted by Crippen LogP contribution is 2.18. The molecule has 0 bridgehead atoms. The van der Waals surface area contributed by atoms with E-state index < -0.39 is 0 Å². The molecule has 1 saturated heterocycles. The summed E-state index contributed by atoms with van der Waals surface area (Å²) in [6, 6.07) is 10.1. The van der Waals surface area contributed by atoms with E-state index in [1.807, 2.05) is 30.0 Å². The predicted octanol–water partition coefficient (Wildman–Crippen LogP) is 2.77. The zero-order chi connectivity index (χ0) is 14.9. The fraction of sp³-hybridized carbons (Fsp3) is 0.588. The van der Waals surface area contributed by atoms with Gasteiger partial charge in [-0.15, -0.1) is 0 Å². The lowest BCUT2D eigenvalue weighted by Gasteiger charge is -2.31. The van der Waals surface area contributed by atoms with Crippen molar-refractivity contribution in [2.24, 2.45) is 5.92 Å². The van der Waals surface area contributed by atoms with Gasteiger partial charge in [-0.05, 0) is 56.5 Å². The lowest BCUT2D eigenvalue weighted by Crippen LogP contribution is -2.40. The van der Waals surface area contributed by atoms with Gasteiger partial charge in [0.1, 0.15) is 0 Å². The highest BCUT2D eigenvalue weighted by molar-refractivity contribution is 7.98. The van der Waals surface area contributed by atoms with Crippen LogP contribution in [0, 0.1) is 5.92 Å². The number of likely N-dealkylation sites (tertiary alicyclic amines) is 1. The molecule has 1 N–H and O–H groups in total. The number of amides is 1. The molecule has 2 rings (SSSR count). The maximum Gasteiger partial charge on any atom is 0.223 e. The second-order valence-corrected chi connectivity index (χ2v) is 6.65. The lowest BCUT2D eigenvalue weighted by molar-refractivity contribution is -0.126. The van der Waals surface area contributed by atoms with Crippen molar-refractivity contribution in [2.45, 2.75) is 25.8 Å². The minimum absolute atomic E-state index is 0.200. The third-order valence-electron chi connectivity index (χ3n) is 4.09. The summed E-state index contributed by atoms with van der Waals surface area (Å²) < 4.78 is 0. The van der Waals surface area contributed by atoms with E-state index >= 15 is 0 Å². The maximum absolute atomic E-state index is 12.2. The first-order valence-corrected chi connectivity index (χ1v) is 9.22. The van der Waals surface area contributed by atoms with E-state index in [0.29, 0.717) is 6.54 Å². The minimum Gasteiger partial charge on any atom is -0.352 e. The Hall–Kier alpha value is -1.00. The van der Waals surface area contributed by atoms with Gasteiger partial charge in [0.25, 0.3) is 0 Å². The Morgan fingerprint density at radius 2 is 2.00 bits per heavy atom. The second-order valence-electron chi connectivity index (χ2n) is 5.67. The molecule has 0 unspecified atom stereocenters. The Morgan fingerprint density at radius 3 is 2.67 bits per heavy atom. The zero-order valence-electron chi connectivity index (χ0n) is 12.9. The molecule has 1 heterocycles. The molecule has 1 fully saturated rings. The minimum atomic E-state index is 0.200. The van der Waals surface area contributed by atoms with Crippen molar-refractivity contribution in [3.05, 3.63) is 35.9 Å². The molecule has 1 amide bonds. The fourth-order valence-corrected chi connectivity index (χ4v) is 3.20. The molecule has 0 atom stereocenters. The standard InChI is InChI=1S/C17H26N2OS/c1-21-13-5-10-19-11-8-16(9-12-19)17(20)18-14-15-6-3-2-4-7-15/h2-4,6-7,16H,5,8-14H2,1H3,(H,18,20). The van der Waals surface area contributed by atoms with Crippen LogP contribution < -0.4 is 5.32 Å². The molecular weight excluding hydrogens is 280 g/mol. The maximum atomic E-state index is 12.2. The van der Waals surface area contributed by atoms with Gasteiger partial charge in [-0.2, -0.15) is 11.8 Å². The van der Waals surface area contributed by atoms with Gasteiger partial charge in [0.2, 0.25) is 5.91 Å². The molecule has 3 nitrogen and oxygen atoms in total. The summed E-state index contributed by atoms with van der Waals surface area (Å²) in [6.07, 6.45) is 5.41. The number of thioether (sulfide) groups is 1. The van der Waals surface area contributed by atoms with E-state index in [1.165, 1.54) is 24.3 Å². The Kier molecular flexibility index (Phi) is 7.10. The van der Waals surface area contributed by atoms with Crippen molar-refractivity contribution in [3.63, 3.8) is 0 Å². The smallest absolute Gasteiger partial charge is 0.223 e. The Bertz CT molecular complexity index is 416. The lowest BCUT2D eigenvalue weighted by atomic mass is 9.95. The molecule has 0 saturated carbocycles. The first kappa shape index (κ1) is 16.4. The average Bonchev–Trinajstić information content (AvgIpc) is 2.54. The summed E-state index contributed by atoms with van der Waals surface area (Å²) in [7, 11) is 0. The van der Waals surface area contributed by atoms with Gasteiger partial charge in [0, 0.05) is 12.5 Å². The number of carbonyl (C=O) groups excluding carboxylic acids is 1. The van der Waals surface area contributed by atoms with Crippen molar-refractivity contribution in [3.8, 4) is 0 Å². The van der Waals surface area contributed by atoms with Gasteiger partial charge < -0.3 is 10.2 Å². The molecule has 0 radical (unpaired) electrons. The molecule has 21 heavy (non-hydrogen) atoms. The summed E-state index contributed by atoms with van der Waals surface area (Å²) in [5.74, 6) is 1.66. The van der Waals surface area contributed by atoms with E-state index in [4.69, 9.17) is 0 Å². The number of nitrogens with one attached hydrogen (secondary N) is 1. The van der Waals surface area contributed by atoms with Gasteiger partial charge in [0.05, 0.1) is 0 Å². The fourth-order valence-electron chi connectivity index (χ4n) is 2.78. The van der Waals surface area contributed by atoms with E-state index in [1.54, 1.807) is 0 Å². The monoisotopic (exact) mass is 306 g/mol. The van der Waals surface area contributed by atoms with Gasteiger partial charge in [-0.25, -0.2) is 0 Å². The zero-order valence-corrected chi connectivity index (χ0v) is 13.7. The van der Waals surface area contributed by atoms with Crippen molar-refractivity contribution in [2.75, 3.05) is 31.6 Å². The second kappa shape index (κ2) is 9.11. The number of nitrogens with zero attached hydrogens (tertiary/aromatic N) is 1. The van der Waals surface area contributed by atoms with Gasteiger partial charge in [-0.1, -0.05) is 30.3 Å². The van der Waals surface area contributed by atoms with Crippen LogP contribution in [0.1, 0.15) is 24.8 Å². The molecule has 1 aromatic carbocycles. The molecule has 0 aromatic heterocycles. The quantitative estimate of drug-likeness (QED) is 0.786. The molecule has 1 aromatic rings. The Balaban J connectivity index is 1.66. The first-order chi connectivity index (χ1) is 10.3. The van der Waals surface area contributed by atoms with Crippen LogP contribution in [0.2, 0.25) is 0 Å². The van der Waals surface area contributed by atoms with Crippen LogP contribution in [0.5, 0.6) is 0 Å². The number of rotatable bonds is 7. The topological polar surface area (TPSA) is 32.3 Å². The van der Waals surface area contributed by atoms with Crippen molar-refractivity contribution in [1.82, 2.24) is 10.2 Å². The highest BCUT2D eigenvalue weighted by Gasteiger charge is 2.24. The summed E-state index contributed by atoms with van der Waals surface area (Å²) in [4.78, 5) is 14.7. The van der Waals surface area contributed by atoms with Crippen LogP contribution >= 0.6 is 11.8 Å². The van der Waals surface area contributed by atoms with E-state index in [0.717, 1.165) is 25.9 Å². The molecule has 116 valence electrons. The summed E-state index contributed by atoms with van der Waals surface area (Å²) in [5.41, 5.74) is 1.17. The normalized spacial score (nSPS) is 16.8. The number of hydrogen-bond acceptors (Lipinski definition) is 3. The first-order valence-electron chi connectivity index (χ1n) is 7.82. The van der Waals surface area contributed by atoms with Crippen molar-refractivity contribution in [1.29, 1.82) is 0 Å². The highest BCUT2D eigenvalue weighted by atomic mass is 32.2. The molecular formula is C17H26N2OS. The number of carbonyl (C=O) groups is 1. The van der Waals surface area contributed by atoms with E-state index in [9.17, 15) is 4.79 Å². The van der Waals surface area contributed by atoms with E-state index in [2.05, 4.69) is 28.6 Å². The third-order valence-corrected chi connectivity index (χ3v) is 4.79. The molecule has 4 heteroatoms. The Labute approximate surface area is 132 Å². The van der Waals surface area contributed by atoms with Crippen LogP contribution in [0.15, 0.2) is 30.3 Å². The summed E-state index contributed by atoms with van der Waals surface area (Å²) in [5, 5.41) is 3.08. The van der Waals surface area contributed by atoms with Gasteiger partial charge in [-0.3, -0.25) is 4.79 Å². The summed E-state index contributed by atoms with van der Waals surface area (Å²) >= 11 is 1.91. The molecule has 1 aliphatic rings. The third kappa shape index (κ3) is 5.71. The Morgan fingerprint density at radius 1 is 1.29 bits per heavy atom. The van der Waals surface area contributed by atoms with Crippen LogP contribution in [0.4, 0.5) is 0 Å². The van der Waals surface area contributed by atoms with E-state index in [-0.39, 0.29) is 11.8 Å². The van der Waals surface area contributed by atoms with Crippen LogP contribution in [-0.4, -0.2) is 42.4 Å². The van der Waals surface area contributed by atoms with Crippen molar-refractivity contribution >= 4 is 17.7 Å². The van der Waals surface area contributed by atoms with Crippen LogP contribution in [0.3, 0.4) is 0 Å².